The van der Waals surface area contributed by atoms with Crippen LogP contribution in [0.25, 0.3) is 0 Å². The number of nitrogens with one attached hydrogen (secondary N) is 1. The SMILES string of the molecule is COc1cccc(OCC(NC(=O)O)C(=O)N2CCC3=NN(C)C(=O)C3(Cc3ccccc3)C2)c1. The highest BCUT2D eigenvalue weighted by atomic mass is 16.5. The number of nitrogens with zero attached hydrogens (tertiary/aromatic N) is 3. The highest BCUT2D eigenvalue weighted by Gasteiger charge is 2.53. The van der Waals surface area contributed by atoms with E-state index in [1.165, 1.54) is 17.0 Å². The van der Waals surface area contributed by atoms with Crippen LogP contribution in [0.15, 0.2) is 59.7 Å². The van der Waals surface area contributed by atoms with Crippen LogP contribution in [0.5, 0.6) is 11.5 Å². The Morgan fingerprint density at radius 1 is 1.17 bits per heavy atom. The van der Waals surface area contributed by atoms with Crippen molar-refractivity contribution in [1.29, 1.82) is 0 Å². The number of hydrogen-bond acceptors (Lipinski definition) is 6. The summed E-state index contributed by atoms with van der Waals surface area (Å²) in [7, 11) is 3.14. The van der Waals surface area contributed by atoms with Crippen LogP contribution in [0.3, 0.4) is 0 Å². The summed E-state index contributed by atoms with van der Waals surface area (Å²) >= 11 is 0. The standard InChI is InChI=1S/C25H28N4O6/c1-28-23(31)25(14-17-7-4-3-5-8-17)16-29(12-11-21(25)27-28)22(30)20(26-24(32)33)15-35-19-10-6-9-18(13-19)34-2/h3-10,13,20,26H,11-12,14-16H2,1-2H3,(H,32,33). The van der Waals surface area contributed by atoms with E-state index < -0.39 is 23.5 Å². The molecule has 35 heavy (non-hydrogen) atoms. The predicted molar refractivity (Wildman–Crippen MR) is 127 cm³/mol. The Labute approximate surface area is 203 Å². The Kier molecular flexibility index (Phi) is 6.90. The van der Waals surface area contributed by atoms with Crippen LogP contribution in [-0.4, -0.2) is 78.5 Å². The van der Waals surface area contributed by atoms with E-state index in [1.54, 1.807) is 31.3 Å². The van der Waals surface area contributed by atoms with E-state index in [2.05, 4.69) is 10.4 Å². The van der Waals surface area contributed by atoms with Gasteiger partial charge in [0, 0.05) is 32.6 Å². The maximum atomic E-state index is 13.5. The number of hydrazone groups is 1. The molecule has 0 saturated carbocycles. The zero-order valence-corrected chi connectivity index (χ0v) is 19.6. The molecule has 0 spiro atoms. The number of piperidine rings is 1. The van der Waals surface area contributed by atoms with Crippen molar-refractivity contribution >= 4 is 23.6 Å². The average molecular weight is 481 g/mol. The zero-order chi connectivity index (χ0) is 25.0. The number of amides is 3. The minimum absolute atomic E-state index is 0.111. The Hall–Kier alpha value is -4.08. The van der Waals surface area contributed by atoms with Gasteiger partial charge in [0.25, 0.3) is 5.91 Å². The molecule has 2 heterocycles. The molecule has 1 saturated heterocycles. The van der Waals surface area contributed by atoms with E-state index in [-0.39, 0.29) is 19.1 Å². The number of carbonyl (C=O) groups is 3. The molecule has 2 aromatic rings. The third-order valence-corrected chi connectivity index (χ3v) is 6.32. The summed E-state index contributed by atoms with van der Waals surface area (Å²) < 4.78 is 10.9. The second kappa shape index (κ2) is 10.0. The van der Waals surface area contributed by atoms with Crippen molar-refractivity contribution in [2.24, 2.45) is 10.5 Å². The number of fused-ring (bicyclic) bond motifs is 1. The minimum atomic E-state index is -1.34. The molecule has 3 amide bonds. The van der Waals surface area contributed by atoms with E-state index in [9.17, 15) is 19.5 Å². The molecule has 0 aromatic heterocycles. The fourth-order valence-electron chi connectivity index (χ4n) is 4.63. The molecular formula is C25H28N4O6. The molecule has 2 aliphatic rings. The number of methoxy groups -OCH3 is 1. The van der Waals surface area contributed by atoms with Crippen molar-refractivity contribution in [3.63, 3.8) is 0 Å². The van der Waals surface area contributed by atoms with Gasteiger partial charge in [-0.15, -0.1) is 0 Å². The monoisotopic (exact) mass is 480 g/mol. The van der Waals surface area contributed by atoms with Crippen LogP contribution in [0.4, 0.5) is 4.79 Å². The van der Waals surface area contributed by atoms with Crippen LogP contribution >= 0.6 is 0 Å². The first-order valence-corrected chi connectivity index (χ1v) is 11.3. The zero-order valence-electron chi connectivity index (χ0n) is 19.6. The lowest BCUT2D eigenvalue weighted by Crippen LogP contribution is -2.59. The van der Waals surface area contributed by atoms with Gasteiger partial charge in [-0.25, -0.2) is 9.80 Å². The van der Waals surface area contributed by atoms with Crippen LogP contribution in [0.1, 0.15) is 12.0 Å². The third-order valence-electron chi connectivity index (χ3n) is 6.32. The number of benzene rings is 2. The van der Waals surface area contributed by atoms with Gasteiger partial charge in [0.05, 0.1) is 12.8 Å². The second-order valence-electron chi connectivity index (χ2n) is 8.62. The van der Waals surface area contributed by atoms with Gasteiger partial charge in [-0.05, 0) is 24.1 Å². The van der Waals surface area contributed by atoms with Gasteiger partial charge < -0.3 is 24.8 Å². The molecule has 4 rings (SSSR count). The van der Waals surface area contributed by atoms with E-state index >= 15 is 0 Å². The molecule has 1 fully saturated rings. The number of hydrogen-bond donors (Lipinski definition) is 2. The fraction of sp³-hybridized carbons (Fsp3) is 0.360. The number of carbonyl (C=O) groups excluding carboxylic acids is 2. The maximum absolute atomic E-state index is 13.5. The number of ether oxygens (including phenoxy) is 2. The van der Waals surface area contributed by atoms with Crippen molar-refractivity contribution < 1.29 is 29.0 Å². The van der Waals surface area contributed by atoms with Gasteiger partial charge >= 0.3 is 6.09 Å². The summed E-state index contributed by atoms with van der Waals surface area (Å²) in [4.78, 5) is 39.7. The lowest BCUT2D eigenvalue weighted by Gasteiger charge is -2.40. The molecule has 10 heteroatoms. The topological polar surface area (TPSA) is 121 Å². The Bertz CT molecular complexity index is 1140. The van der Waals surface area contributed by atoms with Gasteiger partial charge in [0.15, 0.2) is 0 Å². The highest BCUT2D eigenvalue weighted by Crippen LogP contribution is 2.38. The van der Waals surface area contributed by atoms with Gasteiger partial charge in [-0.3, -0.25) is 9.59 Å². The van der Waals surface area contributed by atoms with Crippen molar-refractivity contribution in [3.8, 4) is 11.5 Å². The Morgan fingerprint density at radius 2 is 1.91 bits per heavy atom. The fourth-order valence-corrected chi connectivity index (χ4v) is 4.63. The first-order valence-electron chi connectivity index (χ1n) is 11.3. The van der Waals surface area contributed by atoms with Crippen LogP contribution in [0, 0.1) is 5.41 Å². The van der Waals surface area contributed by atoms with Gasteiger partial charge in [0.1, 0.15) is 29.6 Å². The second-order valence-corrected chi connectivity index (χ2v) is 8.62. The molecule has 10 nitrogen and oxygen atoms in total. The summed E-state index contributed by atoms with van der Waals surface area (Å²) in [5.41, 5.74) is 0.721. The summed E-state index contributed by atoms with van der Waals surface area (Å²) in [6, 6.07) is 15.3. The van der Waals surface area contributed by atoms with Crippen LogP contribution in [0.2, 0.25) is 0 Å². The molecule has 0 aliphatic carbocycles. The minimum Gasteiger partial charge on any atom is -0.497 e. The van der Waals surface area contributed by atoms with E-state index in [0.717, 1.165) is 11.3 Å². The number of carboxylic acid groups (broad SMARTS) is 1. The van der Waals surface area contributed by atoms with E-state index in [0.29, 0.717) is 30.9 Å². The quantitative estimate of drug-likeness (QED) is 0.596. The molecule has 0 bridgehead atoms. The lowest BCUT2D eigenvalue weighted by molar-refractivity contribution is -0.141. The smallest absolute Gasteiger partial charge is 0.405 e. The van der Waals surface area contributed by atoms with Gasteiger partial charge in [0.2, 0.25) is 5.91 Å². The summed E-state index contributed by atoms with van der Waals surface area (Å²) in [6.45, 7) is 0.223. The number of likely N-dealkylation sites (tertiary alicyclic amines) is 1. The van der Waals surface area contributed by atoms with Crippen LogP contribution < -0.4 is 14.8 Å². The van der Waals surface area contributed by atoms with Crippen molar-refractivity contribution in [3.05, 3.63) is 60.2 Å². The lowest BCUT2D eigenvalue weighted by atomic mass is 9.73. The first kappa shape index (κ1) is 24.1. The average Bonchev–Trinajstić information content (AvgIpc) is 3.10. The number of rotatable bonds is 8. The molecule has 2 aliphatic heterocycles. The Balaban J connectivity index is 1.54. The van der Waals surface area contributed by atoms with Crippen molar-refractivity contribution in [1.82, 2.24) is 15.2 Å². The normalized spacial score (nSPS) is 20.1. The van der Waals surface area contributed by atoms with Gasteiger partial charge in [-0.2, -0.15) is 5.10 Å². The molecule has 0 radical (unpaired) electrons. The highest BCUT2D eigenvalue weighted by molar-refractivity contribution is 6.13. The summed E-state index contributed by atoms with van der Waals surface area (Å²) in [5.74, 6) is 0.384. The molecule has 2 atom stereocenters. The molecule has 2 unspecified atom stereocenters. The summed E-state index contributed by atoms with van der Waals surface area (Å²) in [6.07, 6.45) is -0.519. The van der Waals surface area contributed by atoms with Crippen molar-refractivity contribution in [2.45, 2.75) is 18.9 Å². The molecule has 2 aromatic carbocycles. The van der Waals surface area contributed by atoms with Crippen LogP contribution in [-0.2, 0) is 16.0 Å². The van der Waals surface area contributed by atoms with Gasteiger partial charge in [-0.1, -0.05) is 36.4 Å². The molecule has 184 valence electrons. The van der Waals surface area contributed by atoms with E-state index in [4.69, 9.17) is 9.47 Å². The predicted octanol–water partition coefficient (Wildman–Crippen LogP) is 2.00. The van der Waals surface area contributed by atoms with Crippen molar-refractivity contribution in [2.75, 3.05) is 33.9 Å². The largest absolute Gasteiger partial charge is 0.497 e. The summed E-state index contributed by atoms with van der Waals surface area (Å²) in [5, 5.41) is 17.4. The molecular weight excluding hydrogens is 452 g/mol. The Morgan fingerprint density at radius 3 is 2.63 bits per heavy atom. The first-order chi connectivity index (χ1) is 16.8. The maximum Gasteiger partial charge on any atom is 0.405 e. The molecule has 2 N–H and O–H groups in total. The third kappa shape index (κ3) is 5.06. The van der Waals surface area contributed by atoms with E-state index in [1.807, 2.05) is 30.3 Å².